The Kier molecular flexibility index (Phi) is 12.0. The fourth-order valence-electron chi connectivity index (χ4n) is 3.99. The van der Waals surface area contributed by atoms with Crippen LogP contribution < -0.4 is 0 Å². The van der Waals surface area contributed by atoms with Crippen molar-refractivity contribution >= 4 is 28.4 Å². The molecule has 2 radical (unpaired) electrons. The molecule has 0 amide bonds. The summed E-state index contributed by atoms with van der Waals surface area (Å²) in [7, 11) is 0. The Balaban J connectivity index is 0.000000303. The number of aryl methyl sites for hydroxylation is 2. The molecule has 0 aliphatic rings. The second-order valence-corrected chi connectivity index (χ2v) is 8.29. The topological polar surface area (TPSA) is 0 Å². The monoisotopic (exact) mass is 524 g/mol. The Morgan fingerprint density at radius 3 is 2.00 bits per heavy atom. The van der Waals surface area contributed by atoms with Gasteiger partial charge in [-0.3, -0.25) is 0 Å². The normalized spacial score (nSPS) is 9.82. The van der Waals surface area contributed by atoms with E-state index in [1.54, 1.807) is 0 Å². The van der Waals surface area contributed by atoms with Gasteiger partial charge in [0.1, 0.15) is 0 Å². The third kappa shape index (κ3) is 7.23. The molecule has 0 bridgehead atoms. The van der Waals surface area contributed by atoms with E-state index in [1.165, 1.54) is 72.7 Å². The van der Waals surface area contributed by atoms with Gasteiger partial charge in [-0.15, -0.1) is 69.1 Å². The summed E-state index contributed by atoms with van der Waals surface area (Å²) in [4.78, 5) is 0. The average Bonchev–Trinajstić information content (AvgIpc) is 3.38. The average molecular weight is 526 g/mol. The fraction of sp³-hybridized carbons (Fsp3) is 0.161. The van der Waals surface area contributed by atoms with E-state index in [0.29, 0.717) is 5.92 Å². The van der Waals surface area contributed by atoms with E-state index >= 15 is 0 Å². The molecule has 2 heteroatoms. The number of benzene rings is 3. The quantitative estimate of drug-likeness (QED) is 0.159. The Bertz CT molecular complexity index is 1230. The first-order valence-electron chi connectivity index (χ1n) is 10.6. The van der Waals surface area contributed by atoms with Gasteiger partial charge in [0.15, 0.2) is 0 Å². The number of rotatable bonds is 2. The van der Waals surface area contributed by atoms with Crippen molar-refractivity contribution in [2.75, 3.05) is 0 Å². The summed E-state index contributed by atoms with van der Waals surface area (Å²) in [6.07, 6.45) is 0. The van der Waals surface area contributed by atoms with E-state index in [2.05, 4.69) is 126 Å². The molecule has 0 spiro atoms. The van der Waals surface area contributed by atoms with Gasteiger partial charge >= 0.3 is 30.2 Å². The Hall–Kier alpha value is -2.02. The van der Waals surface area contributed by atoms with Crippen LogP contribution in [0.4, 0.5) is 0 Å². The SMILES string of the molecule is CC(C)c1cc2ccccc2[cH-]1.Cc1cc(-c2ccccc2)c2cc(C)[cH-]c2c1.[CH3-].[CH3-].[Si]=[Zr]. The van der Waals surface area contributed by atoms with Gasteiger partial charge in [0.05, 0.1) is 0 Å². The second-order valence-electron chi connectivity index (χ2n) is 8.29. The molecule has 170 valence electrons. The van der Waals surface area contributed by atoms with E-state index < -0.39 is 0 Å². The number of hydrogen-bond donors (Lipinski definition) is 0. The molecule has 0 aliphatic heterocycles. The van der Waals surface area contributed by atoms with Crippen LogP contribution in [-0.4, -0.2) is 6.88 Å². The fourth-order valence-corrected chi connectivity index (χ4v) is 3.99. The molecule has 5 aromatic carbocycles. The molecule has 0 nitrogen and oxygen atoms in total. The Morgan fingerprint density at radius 2 is 1.36 bits per heavy atom. The van der Waals surface area contributed by atoms with Crippen LogP contribution in [0.1, 0.15) is 36.5 Å². The Labute approximate surface area is 218 Å². The van der Waals surface area contributed by atoms with Gasteiger partial charge in [0.25, 0.3) is 0 Å². The first kappa shape index (κ1) is 29.0. The molecule has 0 aromatic heterocycles. The zero-order valence-electron chi connectivity index (χ0n) is 20.7. The molecule has 5 aromatic rings. The molecule has 0 saturated heterocycles. The predicted octanol–water partition coefficient (Wildman–Crippen LogP) is 9.04. The van der Waals surface area contributed by atoms with E-state index in [9.17, 15) is 0 Å². The van der Waals surface area contributed by atoms with Crippen LogP contribution in [0.15, 0.2) is 91.0 Å². The summed E-state index contributed by atoms with van der Waals surface area (Å²) in [5.74, 6) is 0.636. The summed E-state index contributed by atoms with van der Waals surface area (Å²) in [6.45, 7) is 11.8. The van der Waals surface area contributed by atoms with E-state index in [4.69, 9.17) is 0 Å². The molecule has 0 unspecified atom stereocenters. The Morgan fingerprint density at radius 1 is 0.727 bits per heavy atom. The van der Waals surface area contributed by atoms with E-state index in [-0.39, 0.29) is 14.9 Å². The molecule has 5 rings (SSSR count). The van der Waals surface area contributed by atoms with Crippen LogP contribution in [0, 0.1) is 28.7 Å². The van der Waals surface area contributed by atoms with Crippen molar-refractivity contribution in [2.45, 2.75) is 33.6 Å². The van der Waals surface area contributed by atoms with Crippen LogP contribution in [0.3, 0.4) is 0 Å². The molecule has 0 N–H and O–H groups in total. The number of hydrogen-bond acceptors (Lipinski definition) is 0. The van der Waals surface area contributed by atoms with Gasteiger partial charge in [-0.25, -0.2) is 0 Å². The van der Waals surface area contributed by atoms with Gasteiger partial charge < -0.3 is 14.9 Å². The summed E-state index contributed by atoms with van der Waals surface area (Å²) < 4.78 is 0. The summed E-state index contributed by atoms with van der Waals surface area (Å²) in [5, 5.41) is 5.43. The van der Waals surface area contributed by atoms with Crippen molar-refractivity contribution in [1.29, 1.82) is 0 Å². The molecular formula is C31H34SiZr-4. The van der Waals surface area contributed by atoms with Crippen molar-refractivity contribution < 1.29 is 23.3 Å². The van der Waals surface area contributed by atoms with E-state index in [0.717, 1.165) is 0 Å². The van der Waals surface area contributed by atoms with Crippen molar-refractivity contribution in [1.82, 2.24) is 0 Å². The van der Waals surface area contributed by atoms with Crippen LogP contribution in [0.5, 0.6) is 0 Å². The van der Waals surface area contributed by atoms with Crippen molar-refractivity contribution in [3.05, 3.63) is 123 Å². The molecular weight excluding hydrogens is 492 g/mol. The maximum absolute atomic E-state index is 3.06. The van der Waals surface area contributed by atoms with Crippen LogP contribution in [-0.2, 0) is 23.3 Å². The van der Waals surface area contributed by atoms with Crippen LogP contribution in [0.2, 0.25) is 0 Å². The summed E-state index contributed by atoms with van der Waals surface area (Å²) in [5.41, 5.74) is 6.74. The molecule has 0 heterocycles. The van der Waals surface area contributed by atoms with Gasteiger partial charge in [-0.1, -0.05) is 74.4 Å². The molecule has 0 aliphatic carbocycles. The van der Waals surface area contributed by atoms with Gasteiger partial charge in [-0.2, -0.15) is 12.1 Å². The maximum atomic E-state index is 3.06. The van der Waals surface area contributed by atoms with Crippen molar-refractivity contribution in [2.24, 2.45) is 0 Å². The standard InChI is InChI=1S/C17H15.C12H13.2CH3.Si.Zr/c1-12-8-15-9-13(2)11-17(15)16(10-12)14-6-4-3-5-7-14;1-9(2)12-7-10-5-3-4-6-11(10)8-12;;;;/h3-11H,1-2H3;3-9H,1-2H3;2*1H3;;/q4*-1;;. The minimum atomic E-state index is 0. The van der Waals surface area contributed by atoms with Crippen LogP contribution in [0.25, 0.3) is 32.7 Å². The predicted molar refractivity (Wildman–Crippen MR) is 147 cm³/mol. The van der Waals surface area contributed by atoms with E-state index in [1.807, 2.05) is 0 Å². The van der Waals surface area contributed by atoms with Gasteiger partial charge in [-0.05, 0) is 18.4 Å². The second kappa shape index (κ2) is 13.6. The van der Waals surface area contributed by atoms with Gasteiger partial charge in [0.2, 0.25) is 0 Å². The minimum absolute atomic E-state index is 0. The first-order valence-corrected chi connectivity index (χ1v) is 14.8. The first-order chi connectivity index (χ1) is 15.0. The molecule has 0 atom stereocenters. The van der Waals surface area contributed by atoms with Crippen LogP contribution >= 0.6 is 0 Å². The summed E-state index contributed by atoms with van der Waals surface area (Å²) in [6, 6.07) is 32.7. The molecule has 33 heavy (non-hydrogen) atoms. The number of fused-ring (bicyclic) bond motifs is 2. The van der Waals surface area contributed by atoms with Crippen molar-refractivity contribution in [3.8, 4) is 11.1 Å². The summed E-state index contributed by atoms with van der Waals surface area (Å²) >= 11 is 1.36. The third-order valence-electron chi connectivity index (χ3n) is 5.50. The zero-order chi connectivity index (χ0) is 22.4. The van der Waals surface area contributed by atoms with Crippen molar-refractivity contribution in [3.63, 3.8) is 0 Å². The zero-order valence-corrected chi connectivity index (χ0v) is 24.2. The molecule has 0 fully saturated rings. The third-order valence-corrected chi connectivity index (χ3v) is 5.50. The van der Waals surface area contributed by atoms with Gasteiger partial charge in [0, 0.05) is 0 Å². The molecule has 0 saturated carbocycles.